The Hall–Kier alpha value is -3.73. The number of nitrogens with zero attached hydrogens (tertiary/aromatic N) is 2. The summed E-state index contributed by atoms with van der Waals surface area (Å²) < 4.78 is 67.7. The Labute approximate surface area is 360 Å². The van der Waals surface area contributed by atoms with E-state index in [1.165, 1.54) is 0 Å². The fourth-order valence-electron chi connectivity index (χ4n) is 6.33. The molecule has 55 heavy (non-hydrogen) atoms. The topological polar surface area (TPSA) is 25.8 Å². The fraction of sp³-hybridized carbons (Fsp3) is 0.320. The molecule has 0 aliphatic heterocycles. The number of aryl methyl sites for hydroxylation is 1. The number of hydrogen-bond acceptors (Lipinski definition) is 3. The Kier molecular flexibility index (Phi) is 10.4. The van der Waals surface area contributed by atoms with Crippen molar-refractivity contribution in [3.05, 3.63) is 138 Å². The van der Waals surface area contributed by atoms with Crippen LogP contribution in [0.1, 0.15) is 87.6 Å². The van der Waals surface area contributed by atoms with Crippen molar-refractivity contribution in [2.75, 3.05) is 0 Å². The van der Waals surface area contributed by atoms with Gasteiger partial charge < -0.3 is 9.97 Å². The van der Waals surface area contributed by atoms with E-state index in [2.05, 4.69) is 66.0 Å². The van der Waals surface area contributed by atoms with E-state index in [9.17, 15) is 0 Å². The van der Waals surface area contributed by atoms with E-state index in [0.717, 1.165) is 64.4 Å². The van der Waals surface area contributed by atoms with Crippen LogP contribution in [0.4, 0.5) is 0 Å². The molecule has 287 valence electrons. The third-order valence-electron chi connectivity index (χ3n) is 9.00. The van der Waals surface area contributed by atoms with Crippen molar-refractivity contribution in [2.45, 2.75) is 93.6 Å². The summed E-state index contributed by atoms with van der Waals surface area (Å²) >= 11 is 1.69. The second kappa shape index (κ2) is 17.6. The number of fused-ring (bicyclic) bond motifs is 3. The summed E-state index contributed by atoms with van der Waals surface area (Å²) in [5.41, 5.74) is 7.18. The second-order valence-corrected chi connectivity index (χ2v) is 22.6. The molecule has 3 heterocycles. The minimum Gasteiger partial charge on any atom is -0.305 e. The van der Waals surface area contributed by atoms with Gasteiger partial charge in [-0.3, -0.25) is 0 Å². The minimum atomic E-state index is -2.11. The van der Waals surface area contributed by atoms with Gasteiger partial charge in [0.05, 0.1) is 8.07 Å². The van der Waals surface area contributed by atoms with Crippen molar-refractivity contribution in [1.29, 1.82) is 0 Å². The van der Waals surface area contributed by atoms with Crippen LogP contribution in [0, 0.1) is 30.3 Å². The molecule has 2 nitrogen and oxygen atoms in total. The van der Waals surface area contributed by atoms with Gasteiger partial charge in [0.1, 0.15) is 0 Å². The van der Waals surface area contributed by atoms with E-state index in [-0.39, 0.29) is 26.0 Å². The van der Waals surface area contributed by atoms with Crippen LogP contribution in [0.25, 0.3) is 53.8 Å². The van der Waals surface area contributed by atoms with Gasteiger partial charge in [0.25, 0.3) is 0 Å². The number of thiophene rings is 1. The van der Waals surface area contributed by atoms with Crippen LogP contribution in [-0.4, -0.2) is 18.0 Å². The van der Waals surface area contributed by atoms with Crippen molar-refractivity contribution < 1.29 is 31.1 Å². The van der Waals surface area contributed by atoms with Gasteiger partial charge in [-0.2, -0.15) is 11.3 Å². The molecule has 0 saturated heterocycles. The summed E-state index contributed by atoms with van der Waals surface area (Å²) in [4.78, 5) is 9.15. The molecule has 0 N–H and O–H groups in total. The van der Waals surface area contributed by atoms with Crippen LogP contribution in [0.3, 0.4) is 0 Å². The molecule has 7 rings (SSSR count). The number of aromatic nitrogens is 2. The van der Waals surface area contributed by atoms with Gasteiger partial charge >= 0.3 is 0 Å². The summed E-state index contributed by atoms with van der Waals surface area (Å²) in [6, 6.07) is 35.2. The summed E-state index contributed by atoms with van der Waals surface area (Å²) in [5.74, 6) is -0.784. The van der Waals surface area contributed by atoms with Gasteiger partial charge in [-0.25, -0.2) is 0 Å². The Balaban J connectivity index is 0.000000247. The Morgan fingerprint density at radius 3 is 2.13 bits per heavy atom. The molecule has 0 unspecified atom stereocenters. The Morgan fingerprint density at radius 2 is 1.49 bits per heavy atom. The van der Waals surface area contributed by atoms with Gasteiger partial charge in [0, 0.05) is 48.2 Å². The Morgan fingerprint density at radius 1 is 0.782 bits per heavy atom. The van der Waals surface area contributed by atoms with Crippen molar-refractivity contribution in [1.82, 2.24) is 9.97 Å². The zero-order chi connectivity index (χ0) is 45.8. The number of rotatable bonds is 8. The molecule has 1 radical (unpaired) electrons. The molecule has 0 bridgehead atoms. The van der Waals surface area contributed by atoms with E-state index in [4.69, 9.17) is 11.0 Å². The van der Waals surface area contributed by atoms with Gasteiger partial charge in [-0.1, -0.05) is 145 Å². The van der Waals surface area contributed by atoms with Gasteiger partial charge in [0.15, 0.2) is 0 Å². The second-order valence-electron chi connectivity index (χ2n) is 16.5. The average molecular weight is 945 g/mol. The number of hydrogen-bond donors (Lipinski definition) is 0. The molecule has 0 amide bonds. The predicted octanol–water partition coefficient (Wildman–Crippen LogP) is 13.9. The largest absolute Gasteiger partial charge is 0.305 e. The van der Waals surface area contributed by atoms with Crippen molar-refractivity contribution in [3.63, 3.8) is 0 Å². The molecule has 4 aromatic carbocycles. The molecule has 5 heteroatoms. The number of pyridine rings is 2. The summed E-state index contributed by atoms with van der Waals surface area (Å²) in [7, 11) is -1.73. The van der Waals surface area contributed by atoms with Crippen LogP contribution in [-0.2, 0) is 32.9 Å². The van der Waals surface area contributed by atoms with Crippen LogP contribution in [0.15, 0.2) is 103 Å². The molecule has 0 fully saturated rings. The zero-order valence-corrected chi connectivity index (χ0v) is 37.7. The predicted molar refractivity (Wildman–Crippen MR) is 239 cm³/mol. The summed E-state index contributed by atoms with van der Waals surface area (Å²) in [5, 5.41) is 3.32. The molecule has 3 aromatic heterocycles. The van der Waals surface area contributed by atoms with Gasteiger partial charge in [-0.05, 0) is 80.9 Å². The van der Waals surface area contributed by atoms with E-state index >= 15 is 0 Å². The molecule has 0 saturated carbocycles. The maximum atomic E-state index is 8.64. The first-order chi connectivity index (χ1) is 28.6. The first-order valence-electron chi connectivity index (χ1n) is 22.6. The SMILES string of the molecule is [2H]C(C)(C)c1c[c-]c(-c2cc(C([2H])([2H])C(C)C)c([Si](C)(C)C)cn2)cc1.[2H]C([2H])([2H])c1ccc(-c2ccc3c(c2)sc2c[c-]c(-c4cc(C([2H])([2H])C(C)(C)C)ccn4)cc23)cc1.[Ir]. The first-order valence-corrected chi connectivity index (χ1v) is 22.9. The summed E-state index contributed by atoms with van der Waals surface area (Å²) in [6.45, 7) is 17.8. The van der Waals surface area contributed by atoms with E-state index in [1.807, 2.05) is 103 Å². The molecule has 7 aromatic rings. The standard InChI is InChI=1S/C29H26NS.C21H30NSi.Ir/c1-19-5-7-21(8-6-19)22-9-11-24-25-16-23(10-12-27(25)31-28(24)17-22)26-15-20(13-14-30-26)18-29(2,3)4;1-15(2)12-19-13-20(22-14-21(19)23(5,6)7)18-10-8-17(9-11-18)16(3)4;/h5-9,11-17H,18H2,1-4H3;8-10,13-16H,12H2,1-7H3;/q2*-1;/i1D3,18D2;12D2,16D;. The monoisotopic (exact) mass is 945 g/mol. The molecule has 0 spiro atoms. The van der Waals surface area contributed by atoms with E-state index < -0.39 is 39.0 Å². The maximum Gasteiger partial charge on any atom is 0.0798 e. The van der Waals surface area contributed by atoms with Gasteiger partial charge in [-0.15, -0.1) is 59.2 Å². The van der Waals surface area contributed by atoms with Crippen LogP contribution >= 0.6 is 11.3 Å². The smallest absolute Gasteiger partial charge is 0.0798 e. The fourth-order valence-corrected chi connectivity index (χ4v) is 8.84. The maximum absolute atomic E-state index is 8.64. The van der Waals surface area contributed by atoms with Gasteiger partial charge in [0.2, 0.25) is 0 Å². The zero-order valence-electron chi connectivity index (χ0n) is 41.5. The molecular weight excluding hydrogens is 881 g/mol. The quantitative estimate of drug-likeness (QED) is 0.112. The van der Waals surface area contributed by atoms with Crippen molar-refractivity contribution in [2.24, 2.45) is 11.3 Å². The summed E-state index contributed by atoms with van der Waals surface area (Å²) in [6.07, 6.45) is 0.632. The Bertz CT molecular complexity index is 2710. The van der Waals surface area contributed by atoms with E-state index in [0.29, 0.717) is 16.8 Å². The molecule has 0 aliphatic carbocycles. The molecule has 0 aliphatic rings. The van der Waals surface area contributed by atoms with Crippen LogP contribution in [0.2, 0.25) is 19.6 Å². The first kappa shape index (κ1) is 32.4. The normalized spacial score (nSPS) is 15.0. The molecular formula is C50H56IrN2SSi-2. The third kappa shape index (κ3) is 10.8. The van der Waals surface area contributed by atoms with Crippen molar-refractivity contribution in [3.8, 4) is 33.6 Å². The minimum absolute atomic E-state index is 0. The third-order valence-corrected chi connectivity index (χ3v) is 12.1. The van der Waals surface area contributed by atoms with Crippen LogP contribution < -0.4 is 5.19 Å². The average Bonchev–Trinajstić information content (AvgIpc) is 3.57. The van der Waals surface area contributed by atoms with Crippen molar-refractivity contribution >= 4 is 44.8 Å². The van der Waals surface area contributed by atoms with E-state index in [1.54, 1.807) is 35.7 Å². The number of benzene rings is 4. The molecule has 0 atom stereocenters. The van der Waals surface area contributed by atoms with Crippen LogP contribution in [0.5, 0.6) is 0 Å².